The molecule has 0 radical (unpaired) electrons. The van der Waals surface area contributed by atoms with E-state index >= 15 is 0 Å². The van der Waals surface area contributed by atoms with Crippen LogP contribution in [0.4, 0.5) is 0 Å². The van der Waals surface area contributed by atoms with Gasteiger partial charge < -0.3 is 15.9 Å². The molecule has 0 aromatic heterocycles. The Hall–Kier alpha value is -1.66. The first kappa shape index (κ1) is 30.4. The standard InChI is InChI=1S/C23H39N3O6S2/c1-4-5-9-12-34(31,32)26(21(28)17(2)13-19-10-7-6-8-11-19)23(22(29)30,18(3)15-27)25-14-20(24)16-33/h6-8,10-11,17-18,20,25,27,33H,4-5,9,12-16,24H2,1-3H3,(H,29,30)/t17?,18-,20?,23+/m1/s1. The maximum atomic E-state index is 13.7. The minimum Gasteiger partial charge on any atom is -0.478 e. The van der Waals surface area contributed by atoms with E-state index in [0.29, 0.717) is 10.7 Å². The average molecular weight is 518 g/mol. The summed E-state index contributed by atoms with van der Waals surface area (Å²) in [5.41, 5.74) is 4.32. The number of nitrogens with one attached hydrogen (secondary N) is 1. The topological polar surface area (TPSA) is 150 Å². The number of aliphatic carboxylic acids is 1. The zero-order valence-electron chi connectivity index (χ0n) is 20.2. The lowest BCUT2D eigenvalue weighted by atomic mass is 9.92. The number of benzene rings is 1. The van der Waals surface area contributed by atoms with Crippen LogP contribution >= 0.6 is 12.6 Å². The Balaban J connectivity index is 3.61. The molecule has 0 aliphatic heterocycles. The number of aliphatic hydroxyl groups excluding tert-OH is 1. The van der Waals surface area contributed by atoms with Gasteiger partial charge in [-0.1, -0.05) is 63.9 Å². The third-order valence-corrected chi connectivity index (χ3v) is 8.09. The zero-order valence-corrected chi connectivity index (χ0v) is 21.9. The number of carboxylic acid groups (broad SMARTS) is 1. The number of nitrogens with zero attached hydrogens (tertiary/aromatic N) is 1. The number of carbonyl (C=O) groups is 2. The highest BCUT2D eigenvalue weighted by molar-refractivity contribution is 7.89. The lowest BCUT2D eigenvalue weighted by Gasteiger charge is -2.44. The molecule has 0 heterocycles. The lowest BCUT2D eigenvalue weighted by molar-refractivity contribution is -0.162. The number of nitrogens with two attached hydrogens (primary N) is 1. The van der Waals surface area contributed by atoms with Gasteiger partial charge in [-0.25, -0.2) is 17.5 Å². The molecule has 194 valence electrons. The lowest BCUT2D eigenvalue weighted by Crippen LogP contribution is -2.73. The van der Waals surface area contributed by atoms with E-state index in [1.54, 1.807) is 6.92 Å². The minimum absolute atomic E-state index is 0.124. The predicted octanol–water partition coefficient (Wildman–Crippen LogP) is 1.47. The van der Waals surface area contributed by atoms with Gasteiger partial charge in [-0.15, -0.1) is 0 Å². The quantitative estimate of drug-likeness (QED) is 0.126. The van der Waals surface area contributed by atoms with Crippen LogP contribution in [0.15, 0.2) is 30.3 Å². The Kier molecular flexibility index (Phi) is 12.5. The van der Waals surface area contributed by atoms with Gasteiger partial charge in [-0.05, 0) is 18.4 Å². The van der Waals surface area contributed by atoms with Crippen molar-refractivity contribution in [3.8, 4) is 0 Å². The van der Waals surface area contributed by atoms with Gasteiger partial charge in [0.05, 0.1) is 5.75 Å². The van der Waals surface area contributed by atoms with Crippen molar-refractivity contribution < 1.29 is 28.2 Å². The molecule has 1 rings (SSSR count). The van der Waals surface area contributed by atoms with E-state index < -0.39 is 57.8 Å². The number of rotatable bonds is 16. The molecule has 1 aromatic rings. The van der Waals surface area contributed by atoms with Crippen molar-refractivity contribution in [1.82, 2.24) is 9.62 Å². The SMILES string of the molecule is CCCCCS(=O)(=O)N(C(=O)C(C)Cc1ccccc1)[C@](NCC(N)CS)(C(=O)O)[C@H](C)CO. The zero-order chi connectivity index (χ0) is 25.9. The second kappa shape index (κ2) is 14.0. The van der Waals surface area contributed by atoms with Crippen molar-refractivity contribution in [2.75, 3.05) is 24.7 Å². The fraction of sp³-hybridized carbons (Fsp3) is 0.652. The van der Waals surface area contributed by atoms with Gasteiger partial charge in [0, 0.05) is 36.8 Å². The number of aliphatic hydroxyl groups is 1. The van der Waals surface area contributed by atoms with Crippen molar-refractivity contribution in [3.05, 3.63) is 35.9 Å². The Morgan fingerprint density at radius 2 is 1.82 bits per heavy atom. The van der Waals surface area contributed by atoms with Gasteiger partial charge in [-0.3, -0.25) is 10.1 Å². The third-order valence-electron chi connectivity index (χ3n) is 5.79. The Morgan fingerprint density at radius 1 is 1.21 bits per heavy atom. The molecule has 0 saturated heterocycles. The summed E-state index contributed by atoms with van der Waals surface area (Å²) in [5.74, 6) is -4.62. The molecule has 9 nitrogen and oxygen atoms in total. The molecule has 2 unspecified atom stereocenters. The van der Waals surface area contributed by atoms with Gasteiger partial charge in [-0.2, -0.15) is 12.6 Å². The minimum atomic E-state index is -4.37. The third kappa shape index (κ3) is 7.67. The summed E-state index contributed by atoms with van der Waals surface area (Å²) < 4.78 is 27.6. The number of unbranched alkanes of at least 4 members (excludes halogenated alkanes) is 2. The van der Waals surface area contributed by atoms with Crippen LogP contribution in [0.3, 0.4) is 0 Å². The maximum absolute atomic E-state index is 13.7. The van der Waals surface area contributed by atoms with Gasteiger partial charge in [0.2, 0.25) is 21.6 Å². The molecule has 1 amide bonds. The summed E-state index contributed by atoms with van der Waals surface area (Å²) in [6.07, 6.45) is 1.85. The largest absolute Gasteiger partial charge is 0.478 e. The molecule has 0 bridgehead atoms. The first-order valence-electron chi connectivity index (χ1n) is 11.5. The normalized spacial score (nSPS) is 16.3. The molecule has 4 atom stereocenters. The summed E-state index contributed by atoms with van der Waals surface area (Å²) in [6, 6.07) is 8.47. The number of carboxylic acids is 1. The van der Waals surface area contributed by atoms with Crippen molar-refractivity contribution in [3.63, 3.8) is 0 Å². The van der Waals surface area contributed by atoms with Crippen LogP contribution in [0, 0.1) is 11.8 Å². The van der Waals surface area contributed by atoms with Gasteiger partial charge in [0.1, 0.15) is 0 Å². The van der Waals surface area contributed by atoms with Gasteiger partial charge >= 0.3 is 5.97 Å². The fourth-order valence-electron chi connectivity index (χ4n) is 3.71. The highest BCUT2D eigenvalue weighted by Crippen LogP contribution is 2.30. The Morgan fingerprint density at radius 3 is 2.32 bits per heavy atom. The van der Waals surface area contributed by atoms with Crippen LogP contribution in [0.5, 0.6) is 0 Å². The summed E-state index contributed by atoms with van der Waals surface area (Å²) in [5, 5.41) is 23.0. The monoisotopic (exact) mass is 517 g/mol. The first-order chi connectivity index (χ1) is 16.0. The average Bonchev–Trinajstić information content (AvgIpc) is 2.80. The Labute approximate surface area is 208 Å². The molecule has 0 spiro atoms. The molecule has 5 N–H and O–H groups in total. The van der Waals surface area contributed by atoms with Crippen LogP contribution in [-0.4, -0.2) is 71.2 Å². The molecule has 0 fully saturated rings. The molecular weight excluding hydrogens is 478 g/mol. The van der Waals surface area contributed by atoms with E-state index in [4.69, 9.17) is 5.73 Å². The number of thiol groups is 1. The van der Waals surface area contributed by atoms with Crippen molar-refractivity contribution in [2.45, 2.75) is 58.2 Å². The second-order valence-electron chi connectivity index (χ2n) is 8.70. The summed E-state index contributed by atoms with van der Waals surface area (Å²) in [4.78, 5) is 26.5. The van der Waals surface area contributed by atoms with E-state index in [9.17, 15) is 28.2 Å². The second-order valence-corrected chi connectivity index (χ2v) is 11.0. The number of carbonyl (C=O) groups excluding carboxylic acids is 1. The molecule has 1 aromatic carbocycles. The number of sulfonamides is 1. The van der Waals surface area contributed by atoms with Crippen molar-refractivity contribution in [1.29, 1.82) is 0 Å². The fourth-order valence-corrected chi connectivity index (χ4v) is 5.81. The number of amides is 1. The predicted molar refractivity (Wildman–Crippen MR) is 136 cm³/mol. The van der Waals surface area contributed by atoms with Crippen molar-refractivity contribution >= 4 is 34.5 Å². The maximum Gasteiger partial charge on any atom is 0.346 e. The van der Waals surface area contributed by atoms with Gasteiger partial charge in [0.15, 0.2) is 0 Å². The van der Waals surface area contributed by atoms with E-state index in [-0.39, 0.29) is 25.1 Å². The molecule has 34 heavy (non-hydrogen) atoms. The van der Waals surface area contributed by atoms with Crippen LogP contribution in [0.2, 0.25) is 0 Å². The molecule has 0 aliphatic rings. The van der Waals surface area contributed by atoms with Crippen LogP contribution in [0.25, 0.3) is 0 Å². The Bertz CT molecular complexity index is 884. The van der Waals surface area contributed by atoms with Crippen LogP contribution in [0.1, 0.15) is 45.6 Å². The molecule has 0 aliphatic carbocycles. The summed E-state index contributed by atoms with van der Waals surface area (Å²) in [7, 11) is -4.37. The van der Waals surface area contributed by atoms with Gasteiger partial charge in [0.25, 0.3) is 0 Å². The van der Waals surface area contributed by atoms with E-state index in [1.165, 1.54) is 6.92 Å². The highest BCUT2D eigenvalue weighted by atomic mass is 32.2. The first-order valence-corrected chi connectivity index (χ1v) is 13.8. The summed E-state index contributed by atoms with van der Waals surface area (Å²) >= 11 is 4.11. The van der Waals surface area contributed by atoms with E-state index in [0.717, 1.165) is 12.0 Å². The summed E-state index contributed by atoms with van der Waals surface area (Å²) in [6.45, 7) is 4.07. The highest BCUT2D eigenvalue weighted by Gasteiger charge is 2.56. The molecular formula is C23H39N3O6S2. The smallest absolute Gasteiger partial charge is 0.346 e. The van der Waals surface area contributed by atoms with E-state index in [2.05, 4.69) is 17.9 Å². The number of hydrogen-bond acceptors (Lipinski definition) is 8. The van der Waals surface area contributed by atoms with Crippen LogP contribution < -0.4 is 11.1 Å². The van der Waals surface area contributed by atoms with Crippen LogP contribution in [-0.2, 0) is 26.0 Å². The molecule has 11 heteroatoms. The van der Waals surface area contributed by atoms with E-state index in [1.807, 2.05) is 37.3 Å². The number of hydrogen-bond donors (Lipinski definition) is 5. The van der Waals surface area contributed by atoms with Crippen molar-refractivity contribution in [2.24, 2.45) is 17.6 Å². The molecule has 0 saturated carbocycles.